The molecule has 100 valence electrons. The zero-order valence-electron chi connectivity index (χ0n) is 9.88. The summed E-state index contributed by atoms with van der Waals surface area (Å²) in [4.78, 5) is 1.22. The van der Waals surface area contributed by atoms with E-state index in [4.69, 9.17) is 17.0 Å². The number of rotatable bonds is 5. The lowest BCUT2D eigenvalue weighted by atomic mass is 10.3. The smallest absolute Gasteiger partial charge is 0.383 e. The fraction of sp³-hybridized carbons (Fsp3) is 0.900. The zero-order chi connectivity index (χ0) is 13.1. The lowest BCUT2D eigenvalue weighted by Crippen LogP contribution is -2.49. The maximum absolute atomic E-state index is 12.4. The summed E-state index contributed by atoms with van der Waals surface area (Å²) in [6.07, 6.45) is -2.67. The predicted octanol–water partition coefficient (Wildman–Crippen LogP) is 1.92. The average Bonchev–Trinajstić information content (AvgIpc) is 2.95. The molecule has 0 aromatic carbocycles. The van der Waals surface area contributed by atoms with Crippen molar-refractivity contribution in [1.29, 1.82) is 0 Å². The van der Waals surface area contributed by atoms with E-state index in [1.807, 2.05) is 6.92 Å². The molecule has 7 heteroatoms. The van der Waals surface area contributed by atoms with Gasteiger partial charge in [-0.2, -0.15) is 13.2 Å². The molecule has 1 unspecified atom stereocenters. The number of alkyl halides is 3. The third-order valence-electron chi connectivity index (χ3n) is 2.38. The van der Waals surface area contributed by atoms with Crippen LogP contribution in [0.3, 0.4) is 0 Å². The molecule has 3 nitrogen and oxygen atoms in total. The molecule has 0 aromatic rings. The predicted molar refractivity (Wildman–Crippen MR) is 62.9 cm³/mol. The Morgan fingerprint density at radius 2 is 2.12 bits per heavy atom. The molecular weight excluding hydrogens is 253 g/mol. The molecule has 1 aliphatic rings. The summed E-state index contributed by atoms with van der Waals surface area (Å²) in [6, 6.07) is -0.159. The van der Waals surface area contributed by atoms with Crippen molar-refractivity contribution >= 4 is 17.3 Å². The van der Waals surface area contributed by atoms with Crippen LogP contribution in [0.5, 0.6) is 0 Å². The Hall–Kier alpha value is -0.560. The normalized spacial score (nSPS) is 17.7. The molecule has 1 N–H and O–H groups in total. The van der Waals surface area contributed by atoms with Gasteiger partial charge in [-0.1, -0.05) is 0 Å². The fourth-order valence-electron chi connectivity index (χ4n) is 1.53. The molecule has 0 bridgehead atoms. The van der Waals surface area contributed by atoms with Crippen molar-refractivity contribution in [2.45, 2.75) is 38.0 Å². The van der Waals surface area contributed by atoms with E-state index >= 15 is 0 Å². The summed E-state index contributed by atoms with van der Waals surface area (Å²) in [5.74, 6) is 0. The Morgan fingerprint density at radius 3 is 2.53 bits per heavy atom. The number of nitrogens with one attached hydrogen (secondary N) is 1. The van der Waals surface area contributed by atoms with Crippen molar-refractivity contribution in [1.82, 2.24) is 10.2 Å². The summed E-state index contributed by atoms with van der Waals surface area (Å²) < 4.78 is 42.1. The molecule has 1 saturated carbocycles. The van der Waals surface area contributed by atoms with E-state index < -0.39 is 12.7 Å². The minimum absolute atomic E-state index is 0.0635. The van der Waals surface area contributed by atoms with Crippen molar-refractivity contribution in [3.8, 4) is 0 Å². The maximum atomic E-state index is 12.4. The molecular formula is C10H17F3N2OS. The highest BCUT2D eigenvalue weighted by Crippen LogP contribution is 2.30. The van der Waals surface area contributed by atoms with Crippen LogP contribution in [-0.4, -0.2) is 48.5 Å². The summed E-state index contributed by atoms with van der Waals surface area (Å²) in [5.41, 5.74) is 0. The highest BCUT2D eigenvalue weighted by atomic mass is 32.1. The number of ether oxygens (including phenoxy) is 1. The molecule has 1 rings (SSSR count). The molecule has 1 atom stereocenters. The van der Waals surface area contributed by atoms with Gasteiger partial charge < -0.3 is 15.0 Å². The first kappa shape index (κ1) is 14.5. The van der Waals surface area contributed by atoms with Crippen molar-refractivity contribution < 1.29 is 17.9 Å². The van der Waals surface area contributed by atoms with Gasteiger partial charge in [-0.15, -0.1) is 0 Å². The van der Waals surface area contributed by atoms with E-state index in [-0.39, 0.29) is 17.2 Å². The van der Waals surface area contributed by atoms with Gasteiger partial charge in [-0.05, 0) is 32.0 Å². The number of halogens is 3. The van der Waals surface area contributed by atoms with E-state index in [1.54, 1.807) is 0 Å². The fourth-order valence-corrected chi connectivity index (χ4v) is 1.95. The lowest BCUT2D eigenvalue weighted by molar-refractivity contribution is -0.138. The molecule has 0 aromatic heterocycles. The van der Waals surface area contributed by atoms with E-state index in [1.165, 1.54) is 12.0 Å². The molecule has 1 aliphatic carbocycles. The molecule has 17 heavy (non-hydrogen) atoms. The largest absolute Gasteiger partial charge is 0.406 e. The summed E-state index contributed by atoms with van der Waals surface area (Å²) >= 11 is 5.01. The van der Waals surface area contributed by atoms with Crippen LogP contribution >= 0.6 is 12.2 Å². The molecule has 0 saturated heterocycles. The quantitative estimate of drug-likeness (QED) is 0.771. The van der Waals surface area contributed by atoms with Gasteiger partial charge in [0.15, 0.2) is 5.11 Å². The van der Waals surface area contributed by atoms with Gasteiger partial charge in [0, 0.05) is 19.2 Å². The van der Waals surface area contributed by atoms with Crippen LogP contribution in [0.4, 0.5) is 13.2 Å². The molecule has 1 fully saturated rings. The van der Waals surface area contributed by atoms with Crippen LogP contribution in [0, 0.1) is 0 Å². The highest BCUT2D eigenvalue weighted by Gasteiger charge is 2.39. The van der Waals surface area contributed by atoms with Gasteiger partial charge in [0.1, 0.15) is 6.54 Å². The summed E-state index contributed by atoms with van der Waals surface area (Å²) in [6.45, 7) is 1.24. The molecule has 0 spiro atoms. The van der Waals surface area contributed by atoms with E-state index in [9.17, 15) is 13.2 Å². The summed E-state index contributed by atoms with van der Waals surface area (Å²) in [7, 11) is 1.54. The van der Waals surface area contributed by atoms with Crippen molar-refractivity contribution in [3.05, 3.63) is 0 Å². The number of nitrogens with zero attached hydrogens (tertiary/aromatic N) is 1. The molecule has 0 heterocycles. The number of methoxy groups -OCH3 is 1. The third kappa shape index (κ3) is 5.54. The standard InChI is InChI=1S/C10H17F3N2OS/c1-7(5-16-2)14-9(17)15(8-3-4-8)6-10(11,12)13/h7-8H,3-6H2,1-2H3,(H,14,17). The van der Waals surface area contributed by atoms with Crippen molar-refractivity contribution in [2.24, 2.45) is 0 Å². The van der Waals surface area contributed by atoms with Gasteiger partial charge in [-0.25, -0.2) is 0 Å². The van der Waals surface area contributed by atoms with Gasteiger partial charge in [0.25, 0.3) is 0 Å². The Kier molecular flexibility index (Phi) is 5.00. The first-order chi connectivity index (χ1) is 7.83. The van der Waals surface area contributed by atoms with Crippen LogP contribution < -0.4 is 5.32 Å². The van der Waals surface area contributed by atoms with Crippen LogP contribution in [0.1, 0.15) is 19.8 Å². The number of hydrogen-bond donors (Lipinski definition) is 1. The van der Waals surface area contributed by atoms with Gasteiger partial charge in [0.2, 0.25) is 0 Å². The van der Waals surface area contributed by atoms with Crippen LogP contribution in [0.2, 0.25) is 0 Å². The monoisotopic (exact) mass is 270 g/mol. The van der Waals surface area contributed by atoms with Crippen molar-refractivity contribution in [2.75, 3.05) is 20.3 Å². The SMILES string of the molecule is COCC(C)NC(=S)N(CC(F)(F)F)C1CC1. The first-order valence-electron chi connectivity index (χ1n) is 5.46. The van der Waals surface area contributed by atoms with Crippen LogP contribution in [0.25, 0.3) is 0 Å². The molecule has 0 radical (unpaired) electrons. The van der Waals surface area contributed by atoms with E-state index in [0.29, 0.717) is 6.61 Å². The minimum Gasteiger partial charge on any atom is -0.383 e. The first-order valence-corrected chi connectivity index (χ1v) is 5.87. The number of hydrogen-bond acceptors (Lipinski definition) is 2. The Balaban J connectivity index is 2.49. The van der Waals surface area contributed by atoms with Crippen LogP contribution in [0.15, 0.2) is 0 Å². The van der Waals surface area contributed by atoms with Crippen molar-refractivity contribution in [3.63, 3.8) is 0 Å². The lowest BCUT2D eigenvalue weighted by Gasteiger charge is -2.28. The average molecular weight is 270 g/mol. The van der Waals surface area contributed by atoms with E-state index in [2.05, 4.69) is 5.32 Å². The Bertz CT molecular complexity index is 269. The molecule has 0 amide bonds. The summed E-state index contributed by atoms with van der Waals surface area (Å²) in [5, 5.41) is 3.02. The maximum Gasteiger partial charge on any atom is 0.406 e. The number of thiocarbonyl (C=S) groups is 1. The zero-order valence-corrected chi connectivity index (χ0v) is 10.7. The second-order valence-corrected chi connectivity index (χ2v) is 4.67. The third-order valence-corrected chi connectivity index (χ3v) is 2.74. The topological polar surface area (TPSA) is 24.5 Å². The van der Waals surface area contributed by atoms with Gasteiger partial charge in [0.05, 0.1) is 6.61 Å². The minimum atomic E-state index is -4.22. The second-order valence-electron chi connectivity index (χ2n) is 4.28. The Morgan fingerprint density at radius 1 is 1.53 bits per heavy atom. The van der Waals surface area contributed by atoms with E-state index in [0.717, 1.165) is 12.8 Å². The van der Waals surface area contributed by atoms with Gasteiger partial charge in [-0.3, -0.25) is 0 Å². The van der Waals surface area contributed by atoms with Crippen LogP contribution in [-0.2, 0) is 4.74 Å². The second kappa shape index (κ2) is 5.86. The van der Waals surface area contributed by atoms with Gasteiger partial charge >= 0.3 is 6.18 Å². The highest BCUT2D eigenvalue weighted by molar-refractivity contribution is 7.80. The molecule has 0 aliphatic heterocycles. The Labute approximate surface area is 104 Å².